The fourth-order valence-electron chi connectivity index (χ4n) is 4.08. The van der Waals surface area contributed by atoms with Gasteiger partial charge >= 0.3 is 53.6 Å². The number of aryl methyl sites for hydroxylation is 1. The summed E-state index contributed by atoms with van der Waals surface area (Å²) in [4.78, 5) is 13.2. The van der Waals surface area contributed by atoms with E-state index in [9.17, 15) is 79.4 Å². The first-order valence-corrected chi connectivity index (χ1v) is 14.6. The summed E-state index contributed by atoms with van der Waals surface area (Å²) >= 11 is 1.44. The van der Waals surface area contributed by atoms with E-state index in [-0.39, 0.29) is 23.8 Å². The van der Waals surface area contributed by atoms with Gasteiger partial charge in [0.15, 0.2) is 0 Å². The summed E-state index contributed by atoms with van der Waals surface area (Å²) in [7, 11) is 0. The highest BCUT2D eigenvalue weighted by Crippen LogP contribution is 2.64. The Morgan fingerprint density at radius 3 is 1.55 bits per heavy atom. The number of hydrogen-bond donors (Lipinski definition) is 0. The molecule has 2 aromatic carbocycles. The molecule has 0 saturated carbocycles. The van der Waals surface area contributed by atoms with Crippen molar-refractivity contribution < 1.29 is 84.2 Å². The van der Waals surface area contributed by atoms with Crippen LogP contribution in [0.1, 0.15) is 43.7 Å². The zero-order chi connectivity index (χ0) is 37.9. The Balaban J connectivity index is 2.12. The van der Waals surface area contributed by atoms with Crippen molar-refractivity contribution in [1.29, 1.82) is 0 Å². The lowest BCUT2D eigenvalue weighted by atomic mass is 9.87. The van der Waals surface area contributed by atoms with Gasteiger partial charge in [-0.2, -0.15) is 74.6 Å². The molecule has 0 spiro atoms. The zero-order valence-corrected chi connectivity index (χ0v) is 25.5. The highest BCUT2D eigenvalue weighted by molar-refractivity contribution is 8.00. The summed E-state index contributed by atoms with van der Waals surface area (Å²) in [5.74, 6) is -57.1. The Bertz CT molecular complexity index is 1380. The van der Waals surface area contributed by atoms with E-state index in [1.54, 1.807) is 18.2 Å². The number of ether oxygens (including phenoxy) is 1. The third-order valence-electron chi connectivity index (χ3n) is 6.99. The lowest BCUT2D eigenvalue weighted by Gasteiger charge is -2.42. The van der Waals surface area contributed by atoms with Crippen molar-refractivity contribution >= 4 is 17.7 Å². The van der Waals surface area contributed by atoms with Gasteiger partial charge in [0.1, 0.15) is 6.61 Å². The standard InChI is InChI=1S/C29H25F17O2S/c1-2-6-20(49-19-7-4-3-5-8-19)15-21(47)48-16-18-11-9-17(10-12-18)13-14-22(30,31)23(32,33)24(34,35)25(36,37)26(38,39)27(40,41)28(42,43)29(44,45)46/h3-5,7-12,20H,2,6,13-16H2,1H3. The van der Waals surface area contributed by atoms with Crippen molar-refractivity contribution in [3.05, 3.63) is 65.7 Å². The van der Waals surface area contributed by atoms with E-state index in [0.29, 0.717) is 6.42 Å². The Morgan fingerprint density at radius 2 is 1.08 bits per heavy atom. The monoisotopic (exact) mass is 760 g/mol. The van der Waals surface area contributed by atoms with E-state index in [1.807, 2.05) is 19.1 Å². The largest absolute Gasteiger partial charge is 0.461 e. The van der Waals surface area contributed by atoms with Crippen LogP contribution >= 0.6 is 11.8 Å². The topological polar surface area (TPSA) is 26.3 Å². The molecule has 0 amide bonds. The first kappa shape index (κ1) is 42.2. The quantitative estimate of drug-likeness (QED) is 0.0913. The third-order valence-corrected chi connectivity index (χ3v) is 8.27. The molecule has 0 aliphatic heterocycles. The Hall–Kier alpha value is -2.93. The van der Waals surface area contributed by atoms with E-state index < -0.39 is 72.0 Å². The van der Waals surface area contributed by atoms with Gasteiger partial charge in [-0.3, -0.25) is 4.79 Å². The van der Waals surface area contributed by atoms with Crippen molar-refractivity contribution in [2.24, 2.45) is 0 Å². The van der Waals surface area contributed by atoms with Crippen LogP contribution in [0.5, 0.6) is 0 Å². The van der Waals surface area contributed by atoms with Crippen LogP contribution in [0.4, 0.5) is 74.6 Å². The van der Waals surface area contributed by atoms with Gasteiger partial charge in [0, 0.05) is 16.6 Å². The predicted molar refractivity (Wildman–Crippen MR) is 141 cm³/mol. The minimum atomic E-state index is -8.65. The van der Waals surface area contributed by atoms with Crippen LogP contribution in [0.15, 0.2) is 59.5 Å². The average molecular weight is 761 g/mol. The number of esters is 1. The summed E-state index contributed by atoms with van der Waals surface area (Å²) in [5, 5.41) is -0.155. The molecule has 0 radical (unpaired) electrons. The van der Waals surface area contributed by atoms with E-state index in [4.69, 9.17) is 4.74 Å². The maximum Gasteiger partial charge on any atom is 0.460 e. The van der Waals surface area contributed by atoms with Gasteiger partial charge in [-0.25, -0.2) is 0 Å². The minimum absolute atomic E-state index is 0.00715. The summed E-state index contributed by atoms with van der Waals surface area (Å²) in [6, 6.07) is 13.1. The van der Waals surface area contributed by atoms with Gasteiger partial charge in [0.25, 0.3) is 0 Å². The van der Waals surface area contributed by atoms with Crippen molar-refractivity contribution in [2.75, 3.05) is 0 Å². The number of carbonyl (C=O) groups excluding carboxylic acids is 1. The van der Waals surface area contributed by atoms with Crippen LogP contribution < -0.4 is 0 Å². The van der Waals surface area contributed by atoms with E-state index >= 15 is 0 Å². The first-order chi connectivity index (χ1) is 22.1. The van der Waals surface area contributed by atoms with E-state index in [1.165, 1.54) is 11.8 Å². The predicted octanol–water partition coefficient (Wildman–Crippen LogP) is 11.0. The highest BCUT2D eigenvalue weighted by atomic mass is 32.2. The molecule has 0 saturated heterocycles. The van der Waals surface area contributed by atoms with Crippen molar-refractivity contribution in [3.63, 3.8) is 0 Å². The van der Waals surface area contributed by atoms with Gasteiger partial charge in [0.2, 0.25) is 0 Å². The van der Waals surface area contributed by atoms with Crippen LogP contribution in [0, 0.1) is 0 Å². The minimum Gasteiger partial charge on any atom is -0.461 e. The number of benzene rings is 2. The van der Waals surface area contributed by atoms with Gasteiger partial charge in [-0.15, -0.1) is 11.8 Å². The van der Waals surface area contributed by atoms with Crippen molar-refractivity contribution in [2.45, 2.75) is 103 Å². The second-order valence-electron chi connectivity index (χ2n) is 10.7. The summed E-state index contributed by atoms with van der Waals surface area (Å²) < 4.78 is 234. The van der Waals surface area contributed by atoms with Crippen molar-refractivity contribution in [3.8, 4) is 0 Å². The maximum atomic E-state index is 14.2. The lowest BCUT2D eigenvalue weighted by Crippen LogP contribution is -2.74. The third kappa shape index (κ3) is 8.35. The summed E-state index contributed by atoms with van der Waals surface area (Å²) in [5.41, 5.74) is -0.202. The molecule has 278 valence electrons. The number of halogens is 17. The number of rotatable bonds is 17. The molecule has 49 heavy (non-hydrogen) atoms. The zero-order valence-electron chi connectivity index (χ0n) is 24.7. The van der Waals surface area contributed by atoms with E-state index in [2.05, 4.69) is 0 Å². The normalized spacial score (nSPS) is 14.9. The summed E-state index contributed by atoms with van der Waals surface area (Å²) in [6.45, 7) is 1.52. The van der Waals surface area contributed by atoms with Gasteiger partial charge in [-0.05, 0) is 36.1 Å². The van der Waals surface area contributed by atoms with Gasteiger partial charge in [0.05, 0.1) is 6.42 Å². The molecule has 0 N–H and O–H groups in total. The number of carbonyl (C=O) groups is 1. The average Bonchev–Trinajstić information content (AvgIpc) is 2.99. The van der Waals surface area contributed by atoms with Crippen LogP contribution in [0.3, 0.4) is 0 Å². The molecule has 0 fully saturated rings. The molecular weight excluding hydrogens is 735 g/mol. The SMILES string of the molecule is CCCC(CC(=O)OCc1ccc(CCC(F)(F)C(F)(F)C(F)(F)C(F)(F)C(F)(F)C(F)(F)C(F)(F)C(F)(F)F)cc1)Sc1ccccc1. The fraction of sp³-hybridized carbons (Fsp3) is 0.552. The number of hydrogen-bond acceptors (Lipinski definition) is 3. The van der Waals surface area contributed by atoms with Gasteiger partial charge in [-0.1, -0.05) is 55.8 Å². The van der Waals surface area contributed by atoms with Crippen LogP contribution in [-0.2, 0) is 22.6 Å². The second kappa shape index (κ2) is 14.7. The Labute approximate surface area is 271 Å². The molecule has 2 nitrogen and oxygen atoms in total. The molecule has 0 aliphatic rings. The molecule has 0 heterocycles. The lowest BCUT2D eigenvalue weighted by molar-refractivity contribution is -0.461. The molecule has 2 rings (SSSR count). The first-order valence-electron chi connectivity index (χ1n) is 13.8. The molecule has 1 unspecified atom stereocenters. The van der Waals surface area contributed by atoms with Gasteiger partial charge < -0.3 is 4.74 Å². The Kier molecular flexibility index (Phi) is 12.7. The fourth-order valence-corrected chi connectivity index (χ4v) is 5.35. The van der Waals surface area contributed by atoms with Crippen LogP contribution in [0.25, 0.3) is 0 Å². The summed E-state index contributed by atoms with van der Waals surface area (Å²) in [6.07, 6.45) is -10.4. The van der Waals surface area contributed by atoms with E-state index in [0.717, 1.165) is 35.6 Å². The molecule has 0 aromatic heterocycles. The van der Waals surface area contributed by atoms with Crippen LogP contribution in [-0.4, -0.2) is 58.9 Å². The van der Waals surface area contributed by atoms with Crippen molar-refractivity contribution in [1.82, 2.24) is 0 Å². The molecule has 2 aromatic rings. The highest BCUT2D eigenvalue weighted by Gasteiger charge is 2.95. The molecule has 20 heteroatoms. The molecular formula is C29H25F17O2S. The van der Waals surface area contributed by atoms with Crippen LogP contribution in [0.2, 0.25) is 0 Å². The Morgan fingerprint density at radius 1 is 0.633 bits per heavy atom. The molecule has 0 bridgehead atoms. The number of alkyl halides is 17. The second-order valence-corrected chi connectivity index (χ2v) is 12.0. The molecule has 0 aliphatic carbocycles. The maximum absolute atomic E-state index is 14.2. The smallest absolute Gasteiger partial charge is 0.460 e. The number of thioether (sulfide) groups is 1. The molecule has 1 atom stereocenters.